The van der Waals surface area contributed by atoms with E-state index in [9.17, 15) is 4.79 Å². The third-order valence-corrected chi connectivity index (χ3v) is 3.97. The van der Waals surface area contributed by atoms with Gasteiger partial charge in [-0.25, -0.2) is 4.98 Å². The van der Waals surface area contributed by atoms with Crippen molar-refractivity contribution in [1.82, 2.24) is 10.3 Å². The Kier molecular flexibility index (Phi) is 6.89. The summed E-state index contributed by atoms with van der Waals surface area (Å²) >= 11 is 3.12. The number of hydrogen-bond acceptors (Lipinski definition) is 6. The minimum atomic E-state index is -0.127. The fourth-order valence-corrected chi connectivity index (χ4v) is 2.74. The molecular weight excluding hydrogens is 268 g/mol. The molecule has 0 radical (unpaired) electrons. The molecule has 1 amide bonds. The predicted molar refractivity (Wildman–Crippen MR) is 80.6 cm³/mol. The van der Waals surface area contributed by atoms with Crippen LogP contribution in [0.5, 0.6) is 0 Å². The number of aromatic nitrogens is 1. The molecule has 0 unspecified atom stereocenters. The molecule has 1 rings (SSSR count). The quantitative estimate of drug-likeness (QED) is 0.638. The predicted octanol–water partition coefficient (Wildman–Crippen LogP) is 2.03. The van der Waals surface area contributed by atoms with Crippen molar-refractivity contribution in [2.45, 2.75) is 19.8 Å². The summed E-state index contributed by atoms with van der Waals surface area (Å²) in [5.41, 5.74) is 5.72. The number of anilines is 2. The topological polar surface area (TPSA) is 80.0 Å². The van der Waals surface area contributed by atoms with Crippen molar-refractivity contribution in [2.24, 2.45) is 0 Å². The van der Waals surface area contributed by atoms with Crippen LogP contribution in [0.3, 0.4) is 0 Å². The smallest absolute Gasteiger partial charge is 0.265 e. The van der Waals surface area contributed by atoms with E-state index in [2.05, 4.69) is 21.9 Å². The number of nitrogens with zero attached hydrogens (tertiary/aromatic N) is 1. The van der Waals surface area contributed by atoms with E-state index < -0.39 is 0 Å². The van der Waals surface area contributed by atoms with E-state index in [1.54, 1.807) is 0 Å². The van der Waals surface area contributed by atoms with Crippen molar-refractivity contribution in [3.05, 3.63) is 4.88 Å². The van der Waals surface area contributed by atoms with E-state index in [4.69, 9.17) is 5.73 Å². The Morgan fingerprint density at radius 1 is 1.50 bits per heavy atom. The first-order valence-corrected chi connectivity index (χ1v) is 8.17. The highest BCUT2D eigenvalue weighted by Crippen LogP contribution is 2.24. The molecule has 7 heteroatoms. The molecule has 0 aliphatic carbocycles. The number of unbranched alkanes of at least 4 members (excludes halogenated alkanes) is 1. The third kappa shape index (κ3) is 4.73. The van der Waals surface area contributed by atoms with Gasteiger partial charge in [0.1, 0.15) is 10.7 Å². The summed E-state index contributed by atoms with van der Waals surface area (Å²) in [5.74, 6) is 1.30. The minimum absolute atomic E-state index is 0.127. The summed E-state index contributed by atoms with van der Waals surface area (Å²) in [7, 11) is 0. The van der Waals surface area contributed by atoms with Gasteiger partial charge in [0.15, 0.2) is 5.13 Å². The molecule has 5 nitrogen and oxygen atoms in total. The zero-order valence-electron chi connectivity index (χ0n) is 10.8. The largest absolute Gasteiger partial charge is 0.382 e. The molecule has 4 N–H and O–H groups in total. The number of thioether (sulfide) groups is 1. The highest BCUT2D eigenvalue weighted by Gasteiger charge is 2.15. The zero-order chi connectivity index (χ0) is 13.4. The standard InChI is InChI=1S/C11H20N4OS2/c1-3-13-11-15-9(12)8(18-11)10(16)14-6-4-5-7-17-2/h3-7,12H2,1-2H3,(H,13,15)(H,14,16). The van der Waals surface area contributed by atoms with Crippen LogP contribution in [0.1, 0.15) is 29.4 Å². The maximum atomic E-state index is 11.9. The van der Waals surface area contributed by atoms with Crippen LogP contribution in [0.25, 0.3) is 0 Å². The maximum Gasteiger partial charge on any atom is 0.265 e. The van der Waals surface area contributed by atoms with E-state index >= 15 is 0 Å². The van der Waals surface area contributed by atoms with Crippen LogP contribution in [0.2, 0.25) is 0 Å². The van der Waals surface area contributed by atoms with Crippen molar-refractivity contribution in [3.8, 4) is 0 Å². The summed E-state index contributed by atoms with van der Waals surface area (Å²) in [6.45, 7) is 3.43. The Morgan fingerprint density at radius 2 is 2.28 bits per heavy atom. The molecule has 0 atom stereocenters. The minimum Gasteiger partial charge on any atom is -0.382 e. The van der Waals surface area contributed by atoms with Gasteiger partial charge in [-0.15, -0.1) is 0 Å². The van der Waals surface area contributed by atoms with Gasteiger partial charge in [0.25, 0.3) is 5.91 Å². The van der Waals surface area contributed by atoms with E-state index in [0.29, 0.717) is 22.4 Å². The van der Waals surface area contributed by atoms with Crippen LogP contribution in [0.15, 0.2) is 0 Å². The molecule has 0 saturated heterocycles. The van der Waals surface area contributed by atoms with Gasteiger partial charge in [0.05, 0.1) is 0 Å². The number of nitrogens with one attached hydrogen (secondary N) is 2. The second-order valence-electron chi connectivity index (χ2n) is 3.72. The number of rotatable bonds is 8. The van der Waals surface area contributed by atoms with E-state index in [0.717, 1.165) is 25.1 Å². The second-order valence-corrected chi connectivity index (χ2v) is 5.70. The van der Waals surface area contributed by atoms with Crippen molar-refractivity contribution >= 4 is 40.0 Å². The van der Waals surface area contributed by atoms with Crippen molar-refractivity contribution in [3.63, 3.8) is 0 Å². The fourth-order valence-electron chi connectivity index (χ4n) is 1.38. The average molecular weight is 288 g/mol. The first-order chi connectivity index (χ1) is 8.69. The van der Waals surface area contributed by atoms with Crippen molar-refractivity contribution in [1.29, 1.82) is 0 Å². The summed E-state index contributed by atoms with van der Waals surface area (Å²) in [4.78, 5) is 16.5. The molecule has 1 aromatic heterocycles. The number of carbonyl (C=O) groups excluding carboxylic acids is 1. The number of thiazole rings is 1. The SMILES string of the molecule is CCNc1nc(N)c(C(=O)NCCCCSC)s1. The summed E-state index contributed by atoms with van der Waals surface area (Å²) in [6.07, 6.45) is 4.19. The van der Waals surface area contributed by atoms with E-state index in [1.807, 2.05) is 18.7 Å². The van der Waals surface area contributed by atoms with Crippen LogP contribution in [0, 0.1) is 0 Å². The number of hydrogen-bond donors (Lipinski definition) is 3. The molecule has 0 aliphatic heterocycles. The van der Waals surface area contributed by atoms with Gasteiger partial charge in [0.2, 0.25) is 0 Å². The molecule has 0 saturated carbocycles. The molecule has 18 heavy (non-hydrogen) atoms. The zero-order valence-corrected chi connectivity index (χ0v) is 12.4. The molecule has 0 aromatic carbocycles. The lowest BCUT2D eigenvalue weighted by atomic mass is 10.3. The van der Waals surface area contributed by atoms with Gasteiger partial charge in [-0.3, -0.25) is 4.79 Å². The Balaban J connectivity index is 2.41. The molecule has 0 spiro atoms. The maximum absolute atomic E-state index is 11.9. The number of amides is 1. The Morgan fingerprint density at radius 3 is 2.94 bits per heavy atom. The Bertz CT molecular complexity index is 381. The lowest BCUT2D eigenvalue weighted by Crippen LogP contribution is -2.24. The van der Waals surface area contributed by atoms with Gasteiger partial charge in [0, 0.05) is 13.1 Å². The average Bonchev–Trinajstić information content (AvgIpc) is 2.70. The van der Waals surface area contributed by atoms with Gasteiger partial charge < -0.3 is 16.4 Å². The number of carbonyl (C=O) groups is 1. The molecule has 0 fully saturated rings. The first kappa shape index (κ1) is 15.1. The normalized spacial score (nSPS) is 10.3. The molecule has 102 valence electrons. The van der Waals surface area contributed by atoms with Crippen LogP contribution in [0.4, 0.5) is 10.9 Å². The Hall–Kier alpha value is -0.950. The first-order valence-electron chi connectivity index (χ1n) is 5.96. The summed E-state index contributed by atoms with van der Waals surface area (Å²) in [6, 6.07) is 0. The lowest BCUT2D eigenvalue weighted by Gasteiger charge is -2.03. The second kappa shape index (κ2) is 8.20. The fraction of sp³-hybridized carbons (Fsp3) is 0.636. The van der Waals surface area contributed by atoms with Crippen LogP contribution >= 0.6 is 23.1 Å². The monoisotopic (exact) mass is 288 g/mol. The van der Waals surface area contributed by atoms with Gasteiger partial charge in [-0.1, -0.05) is 11.3 Å². The summed E-state index contributed by atoms with van der Waals surface area (Å²) < 4.78 is 0. The van der Waals surface area contributed by atoms with Gasteiger partial charge in [-0.2, -0.15) is 11.8 Å². The molecule has 0 aliphatic rings. The molecule has 1 heterocycles. The number of nitrogens with two attached hydrogens (primary N) is 1. The lowest BCUT2D eigenvalue weighted by molar-refractivity contribution is 0.0958. The highest BCUT2D eigenvalue weighted by molar-refractivity contribution is 7.98. The summed E-state index contributed by atoms with van der Waals surface area (Å²) in [5, 5.41) is 6.62. The molecule has 0 bridgehead atoms. The Labute approximate surface area is 116 Å². The van der Waals surface area contributed by atoms with E-state index in [-0.39, 0.29) is 5.91 Å². The van der Waals surface area contributed by atoms with Gasteiger partial charge in [-0.05, 0) is 31.8 Å². The van der Waals surface area contributed by atoms with Crippen molar-refractivity contribution < 1.29 is 4.79 Å². The van der Waals surface area contributed by atoms with E-state index in [1.165, 1.54) is 11.3 Å². The highest BCUT2D eigenvalue weighted by atomic mass is 32.2. The molecular formula is C11H20N4OS2. The van der Waals surface area contributed by atoms with Crippen LogP contribution in [-0.4, -0.2) is 36.0 Å². The third-order valence-electron chi connectivity index (χ3n) is 2.25. The van der Waals surface area contributed by atoms with Crippen LogP contribution in [-0.2, 0) is 0 Å². The van der Waals surface area contributed by atoms with Gasteiger partial charge >= 0.3 is 0 Å². The van der Waals surface area contributed by atoms with Crippen LogP contribution < -0.4 is 16.4 Å². The number of nitrogen functional groups attached to an aromatic ring is 1. The molecule has 1 aromatic rings. The van der Waals surface area contributed by atoms with Crippen molar-refractivity contribution in [2.75, 3.05) is 36.1 Å².